The maximum absolute atomic E-state index is 12.3. The Bertz CT molecular complexity index is 1210. The zero-order valence-corrected chi connectivity index (χ0v) is 14.9. The van der Waals surface area contributed by atoms with Crippen molar-refractivity contribution in [3.05, 3.63) is 80.7 Å². The molecule has 5 heteroatoms. The first-order chi connectivity index (χ1) is 12.6. The van der Waals surface area contributed by atoms with Crippen LogP contribution in [0.25, 0.3) is 37.0 Å². The summed E-state index contributed by atoms with van der Waals surface area (Å²) in [5.74, 6) is 0. The van der Waals surface area contributed by atoms with E-state index in [1.165, 1.54) is 11.3 Å². The lowest BCUT2D eigenvalue weighted by Gasteiger charge is -2.13. The second kappa shape index (κ2) is 6.41. The zero-order chi connectivity index (χ0) is 18.3. The fourth-order valence-corrected chi connectivity index (χ4v) is 4.15. The Morgan fingerprint density at radius 3 is 2.65 bits per heavy atom. The van der Waals surface area contributed by atoms with Gasteiger partial charge in [0.1, 0.15) is 4.70 Å². The molecule has 0 amide bonds. The smallest absolute Gasteiger partial charge is 0.266 e. The minimum atomic E-state index is -0.186. The summed E-state index contributed by atoms with van der Waals surface area (Å²) < 4.78 is 0.687. The van der Waals surface area contributed by atoms with Crippen LogP contribution >= 0.6 is 11.3 Å². The monoisotopic (exact) mass is 360 g/mol. The fraction of sp³-hybridized carbons (Fsp3) is 0.143. The predicted molar refractivity (Wildman–Crippen MR) is 106 cm³/mol. The molecule has 4 nitrogen and oxygen atoms in total. The highest BCUT2D eigenvalue weighted by Crippen LogP contribution is 2.37. The van der Waals surface area contributed by atoms with Gasteiger partial charge in [0.15, 0.2) is 0 Å². The normalized spacial score (nSPS) is 12.3. The number of rotatable bonds is 3. The van der Waals surface area contributed by atoms with Crippen LogP contribution in [0.4, 0.5) is 0 Å². The van der Waals surface area contributed by atoms with E-state index >= 15 is 0 Å². The third kappa shape index (κ3) is 2.51. The van der Waals surface area contributed by atoms with Gasteiger partial charge in [-0.1, -0.05) is 30.3 Å². The Morgan fingerprint density at radius 1 is 1.19 bits per heavy atom. The molecule has 2 N–H and O–H groups in total. The van der Waals surface area contributed by atoms with E-state index in [4.69, 9.17) is 6.57 Å². The van der Waals surface area contributed by atoms with E-state index in [2.05, 4.69) is 9.83 Å². The summed E-state index contributed by atoms with van der Waals surface area (Å²) in [5, 5.41) is 13.6. The number of pyridine rings is 1. The van der Waals surface area contributed by atoms with Crippen molar-refractivity contribution in [1.29, 1.82) is 0 Å². The molecule has 0 radical (unpaired) electrons. The third-order valence-corrected chi connectivity index (χ3v) is 5.64. The van der Waals surface area contributed by atoms with Gasteiger partial charge in [-0.05, 0) is 34.2 Å². The molecule has 4 aromatic rings. The number of aliphatic hydroxyl groups is 1. The Morgan fingerprint density at radius 2 is 1.96 bits per heavy atom. The van der Waals surface area contributed by atoms with Gasteiger partial charge in [0.25, 0.3) is 5.56 Å². The molecule has 0 spiro atoms. The van der Waals surface area contributed by atoms with Crippen LogP contribution in [0.3, 0.4) is 0 Å². The van der Waals surface area contributed by atoms with Gasteiger partial charge >= 0.3 is 0 Å². The average molecular weight is 360 g/mol. The molecular formula is C21H16N2O2S. The number of nitrogens with one attached hydrogen (secondary N) is 1. The van der Waals surface area contributed by atoms with Crippen molar-refractivity contribution in [2.75, 3.05) is 0 Å². The first-order valence-corrected chi connectivity index (χ1v) is 9.15. The SMILES string of the molecule is [C-]#[N+][C@H](C)c1ccc(-c2c(CO)ccc3[nH]c(=O)c4sccc4c23)cc1. The van der Waals surface area contributed by atoms with Crippen LogP contribution < -0.4 is 5.56 Å². The van der Waals surface area contributed by atoms with E-state index < -0.39 is 0 Å². The van der Waals surface area contributed by atoms with Gasteiger partial charge in [0, 0.05) is 28.8 Å². The minimum Gasteiger partial charge on any atom is -0.392 e. The van der Waals surface area contributed by atoms with E-state index in [-0.39, 0.29) is 18.2 Å². The predicted octanol–water partition coefficient (Wildman–Crippen LogP) is 4.88. The summed E-state index contributed by atoms with van der Waals surface area (Å²) in [5.41, 5.74) is 4.32. The van der Waals surface area contributed by atoms with E-state index in [9.17, 15) is 9.90 Å². The number of fused-ring (bicyclic) bond motifs is 3. The lowest BCUT2D eigenvalue weighted by atomic mass is 9.92. The van der Waals surface area contributed by atoms with Crippen molar-refractivity contribution in [1.82, 2.24) is 4.98 Å². The van der Waals surface area contributed by atoms with Gasteiger partial charge in [-0.25, -0.2) is 6.57 Å². The lowest BCUT2D eigenvalue weighted by molar-refractivity contribution is 0.282. The summed E-state index contributed by atoms with van der Waals surface area (Å²) >= 11 is 1.42. The number of aliphatic hydroxyl groups excluding tert-OH is 1. The van der Waals surface area contributed by atoms with Gasteiger partial charge in [-0.2, -0.15) is 0 Å². The van der Waals surface area contributed by atoms with Crippen LogP contribution in [0.15, 0.2) is 52.6 Å². The number of aromatic amines is 1. The van der Waals surface area contributed by atoms with Gasteiger partial charge < -0.3 is 14.9 Å². The number of aromatic nitrogens is 1. The van der Waals surface area contributed by atoms with Crippen molar-refractivity contribution in [2.45, 2.75) is 19.6 Å². The highest BCUT2D eigenvalue weighted by molar-refractivity contribution is 7.17. The topological polar surface area (TPSA) is 57.4 Å². The highest BCUT2D eigenvalue weighted by atomic mass is 32.1. The van der Waals surface area contributed by atoms with E-state index in [1.54, 1.807) is 0 Å². The number of hydrogen-bond donors (Lipinski definition) is 2. The molecule has 1 atom stereocenters. The van der Waals surface area contributed by atoms with Crippen LogP contribution in [-0.4, -0.2) is 10.1 Å². The number of thiophene rings is 1. The van der Waals surface area contributed by atoms with Crippen molar-refractivity contribution >= 4 is 32.3 Å². The molecule has 0 unspecified atom stereocenters. The Balaban J connectivity index is 2.06. The molecule has 0 aliphatic rings. The van der Waals surface area contributed by atoms with Crippen LogP contribution in [0.5, 0.6) is 0 Å². The second-order valence-corrected chi connectivity index (χ2v) is 7.14. The van der Waals surface area contributed by atoms with Gasteiger partial charge in [-0.15, -0.1) is 11.3 Å². The minimum absolute atomic E-state index is 0.0871. The average Bonchev–Trinajstić information content (AvgIpc) is 3.17. The Labute approximate surface area is 154 Å². The van der Waals surface area contributed by atoms with Gasteiger partial charge in [0.05, 0.1) is 6.61 Å². The molecule has 0 saturated carbocycles. The van der Waals surface area contributed by atoms with Crippen LogP contribution in [0.1, 0.15) is 24.1 Å². The summed E-state index contributed by atoms with van der Waals surface area (Å²) in [6, 6.07) is 13.3. The summed E-state index contributed by atoms with van der Waals surface area (Å²) in [6.07, 6.45) is 0. The molecule has 2 aromatic heterocycles. The first kappa shape index (κ1) is 16.5. The molecule has 0 fully saturated rings. The van der Waals surface area contributed by atoms with Crippen molar-refractivity contribution in [3.63, 3.8) is 0 Å². The van der Waals surface area contributed by atoms with E-state index in [0.29, 0.717) is 4.70 Å². The summed E-state index contributed by atoms with van der Waals surface area (Å²) in [6.45, 7) is 8.97. The number of nitrogens with zero attached hydrogens (tertiary/aromatic N) is 1. The van der Waals surface area contributed by atoms with Crippen molar-refractivity contribution < 1.29 is 5.11 Å². The molecule has 0 saturated heterocycles. The molecular weight excluding hydrogens is 344 g/mol. The lowest BCUT2D eigenvalue weighted by Crippen LogP contribution is -2.05. The zero-order valence-electron chi connectivity index (χ0n) is 14.1. The van der Waals surface area contributed by atoms with Crippen molar-refractivity contribution in [3.8, 4) is 11.1 Å². The molecule has 0 aliphatic heterocycles. The summed E-state index contributed by atoms with van der Waals surface area (Å²) in [4.78, 5) is 18.8. The molecule has 0 aliphatic carbocycles. The highest BCUT2D eigenvalue weighted by Gasteiger charge is 2.16. The maximum Gasteiger partial charge on any atom is 0.266 e. The van der Waals surface area contributed by atoms with Crippen LogP contribution in [-0.2, 0) is 6.61 Å². The second-order valence-electron chi connectivity index (χ2n) is 6.22. The van der Waals surface area contributed by atoms with E-state index in [1.807, 2.05) is 54.8 Å². The third-order valence-electron chi connectivity index (χ3n) is 4.73. The fourth-order valence-electron chi connectivity index (χ4n) is 3.36. The molecule has 128 valence electrons. The Hall–Kier alpha value is -2.94. The van der Waals surface area contributed by atoms with Gasteiger partial charge in [-0.3, -0.25) is 4.79 Å². The number of hydrogen-bond acceptors (Lipinski definition) is 3. The number of benzene rings is 2. The number of H-pyrrole nitrogens is 1. The molecule has 2 aromatic carbocycles. The molecule has 4 rings (SSSR count). The van der Waals surface area contributed by atoms with Crippen molar-refractivity contribution in [2.24, 2.45) is 0 Å². The van der Waals surface area contributed by atoms with Crippen LogP contribution in [0.2, 0.25) is 0 Å². The summed E-state index contributed by atoms with van der Waals surface area (Å²) in [7, 11) is 0. The van der Waals surface area contributed by atoms with Crippen LogP contribution in [0, 0.1) is 6.57 Å². The van der Waals surface area contributed by atoms with E-state index in [0.717, 1.165) is 38.5 Å². The molecule has 26 heavy (non-hydrogen) atoms. The molecule has 0 bridgehead atoms. The quantitative estimate of drug-likeness (QED) is 0.512. The first-order valence-electron chi connectivity index (χ1n) is 8.27. The largest absolute Gasteiger partial charge is 0.392 e. The van der Waals surface area contributed by atoms with Gasteiger partial charge in [0.2, 0.25) is 6.04 Å². The maximum atomic E-state index is 12.3. The molecule has 2 heterocycles. The standard InChI is InChI=1S/C21H16N2O2S/c1-12(22-2)13-3-5-14(6-4-13)18-15(11-24)7-8-17-19(18)16-9-10-26-20(16)21(25)23-17/h3-10,12,24H,11H2,1H3,(H,23,25)/t12-/m1/s1. The Kier molecular flexibility index (Phi) is 4.08.